The maximum atomic E-state index is 4.40. The van der Waals surface area contributed by atoms with Gasteiger partial charge in [-0.15, -0.1) is 24.0 Å². The lowest BCUT2D eigenvalue weighted by Gasteiger charge is -2.34. The summed E-state index contributed by atoms with van der Waals surface area (Å²) in [6, 6.07) is 11.0. The molecule has 0 spiro atoms. The average molecular weight is 542 g/mol. The highest BCUT2D eigenvalue weighted by atomic mass is 127. The fourth-order valence-corrected chi connectivity index (χ4v) is 4.49. The van der Waals surface area contributed by atoms with E-state index in [1.54, 1.807) is 11.3 Å². The molecule has 1 fully saturated rings. The minimum absolute atomic E-state index is 0. The summed E-state index contributed by atoms with van der Waals surface area (Å²) in [6.45, 7) is 13.0. The molecular weight excluding hydrogens is 505 g/mol. The van der Waals surface area contributed by atoms with E-state index >= 15 is 0 Å². The molecule has 0 radical (unpaired) electrons. The number of halogens is 1. The van der Waals surface area contributed by atoms with Crippen LogP contribution in [0.4, 0.5) is 0 Å². The molecule has 166 valence electrons. The summed E-state index contributed by atoms with van der Waals surface area (Å²) in [7, 11) is 1.84. The molecule has 2 aromatic rings. The van der Waals surface area contributed by atoms with Crippen molar-refractivity contribution in [1.29, 1.82) is 0 Å². The first-order chi connectivity index (χ1) is 14.2. The van der Waals surface area contributed by atoms with Crippen molar-refractivity contribution >= 4 is 41.3 Å². The minimum Gasteiger partial charge on any atom is -0.356 e. The normalized spacial score (nSPS) is 16.7. The highest BCUT2D eigenvalue weighted by Gasteiger charge is 2.16. The van der Waals surface area contributed by atoms with Gasteiger partial charge < -0.3 is 15.5 Å². The van der Waals surface area contributed by atoms with Crippen molar-refractivity contribution in [2.24, 2.45) is 4.99 Å². The average Bonchev–Trinajstić information content (AvgIpc) is 3.30. The Bertz CT molecular complexity index is 757. The summed E-state index contributed by atoms with van der Waals surface area (Å²) in [5.74, 6) is 1.33. The molecule has 0 saturated carbocycles. The van der Waals surface area contributed by atoms with Crippen molar-refractivity contribution in [3.63, 3.8) is 0 Å². The topological polar surface area (TPSA) is 42.9 Å². The summed E-state index contributed by atoms with van der Waals surface area (Å²) < 4.78 is 0. The van der Waals surface area contributed by atoms with Crippen LogP contribution in [0.25, 0.3) is 0 Å². The standard InChI is InChI=1S/C23H35N5S.HI/c1-4-27-10-12-28(13-11-27)17-21-8-6-5-7-20(21)16-26-23(24-3)25-15-19(2)22-9-14-29-18-22;/h5-9,14,18-19H,4,10-13,15-17H2,1-3H3,(H2,24,25,26);1H. The minimum atomic E-state index is 0. The number of nitrogens with one attached hydrogen (secondary N) is 2. The fraction of sp³-hybridized carbons (Fsp3) is 0.522. The Morgan fingerprint density at radius 3 is 2.40 bits per heavy atom. The number of rotatable bonds is 8. The number of hydrogen-bond acceptors (Lipinski definition) is 4. The van der Waals surface area contributed by atoms with Gasteiger partial charge in [0.05, 0.1) is 0 Å². The summed E-state index contributed by atoms with van der Waals surface area (Å²) in [5.41, 5.74) is 4.14. The van der Waals surface area contributed by atoms with Crippen LogP contribution in [0.1, 0.15) is 36.5 Å². The van der Waals surface area contributed by atoms with Gasteiger partial charge in [0.2, 0.25) is 0 Å². The number of piperazine rings is 1. The van der Waals surface area contributed by atoms with E-state index in [2.05, 4.69) is 80.4 Å². The van der Waals surface area contributed by atoms with Gasteiger partial charge in [-0.3, -0.25) is 9.89 Å². The zero-order valence-corrected chi connectivity index (χ0v) is 21.6. The molecule has 1 unspecified atom stereocenters. The van der Waals surface area contributed by atoms with E-state index in [1.165, 1.54) is 29.8 Å². The van der Waals surface area contributed by atoms with Gasteiger partial charge in [0.15, 0.2) is 5.96 Å². The zero-order valence-electron chi connectivity index (χ0n) is 18.4. The van der Waals surface area contributed by atoms with Gasteiger partial charge >= 0.3 is 0 Å². The van der Waals surface area contributed by atoms with Crippen LogP contribution in [0, 0.1) is 0 Å². The van der Waals surface area contributed by atoms with Crippen LogP contribution in [0.15, 0.2) is 46.1 Å². The molecule has 1 aliphatic heterocycles. The van der Waals surface area contributed by atoms with E-state index < -0.39 is 0 Å². The molecule has 0 amide bonds. The van der Waals surface area contributed by atoms with Gasteiger partial charge in [0, 0.05) is 52.9 Å². The first kappa shape index (κ1) is 25.1. The Hall–Kier alpha value is -1.16. The number of nitrogens with zero attached hydrogens (tertiary/aromatic N) is 3. The van der Waals surface area contributed by atoms with Crippen LogP contribution in [0.2, 0.25) is 0 Å². The number of hydrogen-bond donors (Lipinski definition) is 2. The molecule has 3 rings (SSSR count). The van der Waals surface area contributed by atoms with E-state index in [4.69, 9.17) is 0 Å². The Morgan fingerprint density at radius 1 is 1.07 bits per heavy atom. The van der Waals surface area contributed by atoms with Crippen LogP contribution in [0.3, 0.4) is 0 Å². The van der Waals surface area contributed by atoms with Crippen molar-refractivity contribution in [3.8, 4) is 0 Å². The van der Waals surface area contributed by atoms with Gasteiger partial charge in [-0.1, -0.05) is 38.1 Å². The van der Waals surface area contributed by atoms with Gasteiger partial charge in [-0.05, 0) is 46.0 Å². The van der Waals surface area contributed by atoms with Crippen molar-refractivity contribution in [2.45, 2.75) is 32.9 Å². The van der Waals surface area contributed by atoms with Crippen LogP contribution in [-0.2, 0) is 13.1 Å². The zero-order chi connectivity index (χ0) is 20.5. The molecule has 2 N–H and O–H groups in total. The summed E-state index contributed by atoms with van der Waals surface area (Å²) >= 11 is 1.75. The second-order valence-corrected chi connectivity index (χ2v) is 8.52. The van der Waals surface area contributed by atoms with Gasteiger partial charge in [-0.25, -0.2) is 0 Å². The Kier molecular flexibility index (Phi) is 11.1. The van der Waals surface area contributed by atoms with Crippen LogP contribution in [0.5, 0.6) is 0 Å². The van der Waals surface area contributed by atoms with Crippen LogP contribution >= 0.6 is 35.3 Å². The lowest BCUT2D eigenvalue weighted by Crippen LogP contribution is -2.45. The lowest BCUT2D eigenvalue weighted by molar-refractivity contribution is 0.131. The first-order valence-electron chi connectivity index (χ1n) is 10.7. The van der Waals surface area contributed by atoms with Crippen molar-refractivity contribution < 1.29 is 0 Å². The predicted molar refractivity (Wildman–Crippen MR) is 140 cm³/mol. The molecule has 7 heteroatoms. The fourth-order valence-electron chi connectivity index (χ4n) is 3.71. The van der Waals surface area contributed by atoms with Crippen molar-refractivity contribution in [1.82, 2.24) is 20.4 Å². The summed E-state index contributed by atoms with van der Waals surface area (Å²) in [4.78, 5) is 9.50. The van der Waals surface area contributed by atoms with Gasteiger partial charge in [-0.2, -0.15) is 11.3 Å². The SMILES string of the molecule is CCN1CCN(Cc2ccccc2CNC(=NC)NCC(C)c2ccsc2)CC1.I. The number of benzene rings is 1. The van der Waals surface area contributed by atoms with E-state index in [-0.39, 0.29) is 24.0 Å². The van der Waals surface area contributed by atoms with E-state index in [9.17, 15) is 0 Å². The van der Waals surface area contributed by atoms with E-state index in [1.807, 2.05) is 7.05 Å². The van der Waals surface area contributed by atoms with Crippen molar-refractivity contribution in [2.75, 3.05) is 46.3 Å². The maximum absolute atomic E-state index is 4.40. The third-order valence-corrected chi connectivity index (χ3v) is 6.48. The van der Waals surface area contributed by atoms with Gasteiger partial charge in [0.25, 0.3) is 0 Å². The second-order valence-electron chi connectivity index (χ2n) is 7.74. The molecule has 1 aliphatic rings. The van der Waals surface area contributed by atoms with E-state index in [0.717, 1.165) is 45.2 Å². The quantitative estimate of drug-likeness (QED) is 0.302. The Labute approximate surface area is 203 Å². The molecule has 0 bridgehead atoms. The highest BCUT2D eigenvalue weighted by Crippen LogP contribution is 2.17. The smallest absolute Gasteiger partial charge is 0.191 e. The second kappa shape index (κ2) is 13.3. The van der Waals surface area contributed by atoms with Crippen molar-refractivity contribution in [3.05, 3.63) is 57.8 Å². The largest absolute Gasteiger partial charge is 0.356 e. The first-order valence-corrected chi connectivity index (χ1v) is 11.6. The molecule has 2 heterocycles. The summed E-state index contributed by atoms with van der Waals surface area (Å²) in [6.07, 6.45) is 0. The molecule has 1 aromatic carbocycles. The highest BCUT2D eigenvalue weighted by molar-refractivity contribution is 14.0. The molecule has 1 aromatic heterocycles. The van der Waals surface area contributed by atoms with Gasteiger partial charge in [0.1, 0.15) is 0 Å². The molecular formula is C23H36IN5S. The predicted octanol–water partition coefficient (Wildman–Crippen LogP) is 3.97. The van der Waals surface area contributed by atoms with E-state index in [0.29, 0.717) is 5.92 Å². The number of likely N-dealkylation sites (N-methyl/N-ethyl adjacent to an activating group) is 1. The molecule has 5 nitrogen and oxygen atoms in total. The molecule has 1 atom stereocenters. The van der Waals surface area contributed by atoms with Crippen LogP contribution < -0.4 is 10.6 Å². The summed E-state index contributed by atoms with van der Waals surface area (Å²) in [5, 5.41) is 11.3. The molecule has 0 aliphatic carbocycles. The lowest BCUT2D eigenvalue weighted by atomic mass is 10.1. The number of thiophene rings is 1. The third kappa shape index (κ3) is 7.51. The molecule has 30 heavy (non-hydrogen) atoms. The van der Waals surface area contributed by atoms with Crippen LogP contribution in [-0.4, -0.2) is 62.1 Å². The number of guanidine groups is 1. The monoisotopic (exact) mass is 541 g/mol. The maximum Gasteiger partial charge on any atom is 0.191 e. The third-order valence-electron chi connectivity index (χ3n) is 5.78. The number of aliphatic imine (C=N–C) groups is 1. The Balaban J connectivity index is 0.00000320. The Morgan fingerprint density at radius 2 is 1.77 bits per heavy atom. The molecule has 1 saturated heterocycles.